The van der Waals surface area contributed by atoms with E-state index in [1.54, 1.807) is 0 Å². The molecule has 1 fully saturated rings. The van der Waals surface area contributed by atoms with Crippen LogP contribution in [-0.4, -0.2) is 12.6 Å². The average Bonchev–Trinajstić information content (AvgIpc) is 2.18. The van der Waals surface area contributed by atoms with E-state index in [-0.39, 0.29) is 0 Å². The van der Waals surface area contributed by atoms with Gasteiger partial charge in [0.2, 0.25) is 0 Å². The van der Waals surface area contributed by atoms with E-state index in [9.17, 15) is 0 Å². The van der Waals surface area contributed by atoms with Crippen molar-refractivity contribution in [1.29, 1.82) is 0 Å². The van der Waals surface area contributed by atoms with Crippen LogP contribution in [0.5, 0.6) is 0 Å². The zero-order valence-corrected chi connectivity index (χ0v) is 9.37. The molecule has 0 radical (unpaired) electrons. The van der Waals surface area contributed by atoms with E-state index in [0.717, 1.165) is 12.5 Å². The van der Waals surface area contributed by atoms with Gasteiger partial charge in [0.1, 0.15) is 0 Å². The Kier molecular flexibility index (Phi) is 3.22. The van der Waals surface area contributed by atoms with Crippen molar-refractivity contribution < 1.29 is 0 Å². The van der Waals surface area contributed by atoms with Crippen LogP contribution in [0.25, 0.3) is 0 Å². The fourth-order valence-corrected chi connectivity index (χ4v) is 2.15. The Morgan fingerprint density at radius 3 is 2.60 bits per heavy atom. The second kappa shape index (κ2) is 4.63. The third-order valence-electron chi connectivity index (χ3n) is 3.24. The van der Waals surface area contributed by atoms with Crippen LogP contribution in [0.1, 0.15) is 29.9 Å². The molecule has 0 unspecified atom stereocenters. The van der Waals surface area contributed by atoms with Gasteiger partial charge in [-0.05, 0) is 31.2 Å². The molecule has 1 saturated carbocycles. The molecular weight excluding hydrogens is 182 g/mol. The summed E-state index contributed by atoms with van der Waals surface area (Å²) in [5.41, 5.74) is 2.84. The highest BCUT2D eigenvalue weighted by atomic mass is 14.9. The lowest BCUT2D eigenvalue weighted by Gasteiger charge is -2.36. The first-order chi connectivity index (χ1) is 7.29. The summed E-state index contributed by atoms with van der Waals surface area (Å²) in [5.74, 6) is 0.771. The molecule has 1 aromatic rings. The quantitative estimate of drug-likeness (QED) is 0.738. The van der Waals surface area contributed by atoms with E-state index in [2.05, 4.69) is 43.1 Å². The van der Waals surface area contributed by atoms with Gasteiger partial charge in [-0.2, -0.15) is 0 Å². The number of aryl methyl sites for hydroxylation is 1. The molecule has 15 heavy (non-hydrogen) atoms. The molecule has 1 nitrogen and oxygen atoms in total. The molecular formula is C14H19N. The molecule has 0 bridgehead atoms. The first-order valence-electron chi connectivity index (χ1n) is 5.70. The predicted molar refractivity (Wildman–Crippen MR) is 65.1 cm³/mol. The van der Waals surface area contributed by atoms with E-state index >= 15 is 0 Å². The van der Waals surface area contributed by atoms with Crippen LogP contribution in [0, 0.1) is 6.92 Å². The monoisotopic (exact) mass is 201 g/mol. The van der Waals surface area contributed by atoms with E-state index in [0.29, 0.717) is 6.04 Å². The lowest BCUT2D eigenvalue weighted by atomic mass is 9.76. The van der Waals surface area contributed by atoms with Gasteiger partial charge in [0, 0.05) is 12.6 Å². The van der Waals surface area contributed by atoms with Crippen molar-refractivity contribution in [3.05, 3.63) is 48.0 Å². The maximum atomic E-state index is 3.72. The standard InChI is InChI=1S/C14H19N/c1-3-8-15-14-9-13(10-14)12-6-4-11(2)5-7-12/h3-7,13-15H,1,8-10H2,2H3. The van der Waals surface area contributed by atoms with Crippen LogP contribution in [-0.2, 0) is 0 Å². The Morgan fingerprint density at radius 1 is 1.33 bits per heavy atom. The van der Waals surface area contributed by atoms with Crippen molar-refractivity contribution >= 4 is 0 Å². The van der Waals surface area contributed by atoms with Crippen molar-refractivity contribution in [3.63, 3.8) is 0 Å². The van der Waals surface area contributed by atoms with Crippen molar-refractivity contribution in [2.75, 3.05) is 6.54 Å². The lowest BCUT2D eigenvalue weighted by Crippen LogP contribution is -2.40. The maximum absolute atomic E-state index is 3.72. The van der Waals surface area contributed by atoms with Crippen LogP contribution in [0.2, 0.25) is 0 Å². The molecule has 1 aliphatic rings. The smallest absolute Gasteiger partial charge is 0.0134 e. The SMILES string of the molecule is C=CCNC1CC(c2ccc(C)cc2)C1. The minimum Gasteiger partial charge on any atom is -0.310 e. The van der Waals surface area contributed by atoms with Crippen molar-refractivity contribution in [2.24, 2.45) is 0 Å². The molecule has 0 amide bonds. The van der Waals surface area contributed by atoms with Crippen LogP contribution >= 0.6 is 0 Å². The second-order valence-electron chi connectivity index (χ2n) is 4.47. The normalized spacial score (nSPS) is 24.6. The summed E-state index contributed by atoms with van der Waals surface area (Å²) in [6.45, 7) is 6.79. The Hall–Kier alpha value is -1.08. The van der Waals surface area contributed by atoms with E-state index in [4.69, 9.17) is 0 Å². The fourth-order valence-electron chi connectivity index (χ4n) is 2.15. The van der Waals surface area contributed by atoms with E-state index in [1.807, 2.05) is 6.08 Å². The lowest BCUT2D eigenvalue weighted by molar-refractivity contribution is 0.299. The van der Waals surface area contributed by atoms with Gasteiger partial charge >= 0.3 is 0 Å². The first kappa shape index (κ1) is 10.4. The number of benzene rings is 1. The third kappa shape index (κ3) is 2.48. The average molecular weight is 201 g/mol. The Morgan fingerprint density at radius 2 is 2.00 bits per heavy atom. The summed E-state index contributed by atoms with van der Waals surface area (Å²) >= 11 is 0. The Balaban J connectivity index is 1.83. The van der Waals surface area contributed by atoms with E-state index in [1.165, 1.54) is 24.0 Å². The zero-order chi connectivity index (χ0) is 10.7. The van der Waals surface area contributed by atoms with Crippen molar-refractivity contribution in [2.45, 2.75) is 31.7 Å². The minimum absolute atomic E-state index is 0.703. The van der Waals surface area contributed by atoms with Crippen molar-refractivity contribution in [1.82, 2.24) is 5.32 Å². The highest BCUT2D eigenvalue weighted by Crippen LogP contribution is 2.36. The molecule has 0 atom stereocenters. The van der Waals surface area contributed by atoms with Gasteiger partial charge < -0.3 is 5.32 Å². The number of nitrogens with one attached hydrogen (secondary N) is 1. The topological polar surface area (TPSA) is 12.0 Å². The van der Waals surface area contributed by atoms with Crippen molar-refractivity contribution in [3.8, 4) is 0 Å². The minimum atomic E-state index is 0.703. The largest absolute Gasteiger partial charge is 0.310 e. The van der Waals surface area contributed by atoms with Gasteiger partial charge in [-0.15, -0.1) is 6.58 Å². The summed E-state index contributed by atoms with van der Waals surface area (Å²) in [6.07, 6.45) is 4.48. The molecule has 0 saturated heterocycles. The fraction of sp³-hybridized carbons (Fsp3) is 0.429. The molecule has 1 aromatic carbocycles. The van der Waals surface area contributed by atoms with Crippen LogP contribution in [0.4, 0.5) is 0 Å². The highest BCUT2D eigenvalue weighted by molar-refractivity contribution is 5.26. The summed E-state index contributed by atoms with van der Waals surface area (Å²) in [7, 11) is 0. The molecule has 0 aliphatic heterocycles. The molecule has 1 heteroatoms. The van der Waals surface area contributed by atoms with E-state index < -0.39 is 0 Å². The molecule has 0 heterocycles. The molecule has 2 rings (SSSR count). The van der Waals surface area contributed by atoms with Crippen LogP contribution in [0.15, 0.2) is 36.9 Å². The Bertz CT molecular complexity index is 320. The first-order valence-corrected chi connectivity index (χ1v) is 5.70. The van der Waals surface area contributed by atoms with Gasteiger partial charge in [0.25, 0.3) is 0 Å². The van der Waals surface area contributed by atoms with Gasteiger partial charge in [0.15, 0.2) is 0 Å². The van der Waals surface area contributed by atoms with Gasteiger partial charge in [-0.1, -0.05) is 35.9 Å². The summed E-state index contributed by atoms with van der Waals surface area (Å²) in [4.78, 5) is 0. The second-order valence-corrected chi connectivity index (χ2v) is 4.47. The van der Waals surface area contributed by atoms with Gasteiger partial charge in [-0.3, -0.25) is 0 Å². The summed E-state index contributed by atoms with van der Waals surface area (Å²) < 4.78 is 0. The molecule has 1 aliphatic carbocycles. The highest BCUT2D eigenvalue weighted by Gasteiger charge is 2.29. The summed E-state index contributed by atoms with van der Waals surface area (Å²) in [6, 6.07) is 9.65. The third-order valence-corrected chi connectivity index (χ3v) is 3.24. The van der Waals surface area contributed by atoms with Crippen LogP contribution < -0.4 is 5.32 Å². The Labute approximate surface area is 92.2 Å². The maximum Gasteiger partial charge on any atom is 0.0134 e. The van der Waals surface area contributed by atoms with Gasteiger partial charge in [0.05, 0.1) is 0 Å². The summed E-state index contributed by atoms with van der Waals surface area (Å²) in [5, 5.41) is 3.46. The van der Waals surface area contributed by atoms with Gasteiger partial charge in [-0.25, -0.2) is 0 Å². The zero-order valence-electron chi connectivity index (χ0n) is 9.37. The number of hydrogen-bond acceptors (Lipinski definition) is 1. The van der Waals surface area contributed by atoms with Crippen LogP contribution in [0.3, 0.4) is 0 Å². The molecule has 80 valence electrons. The number of rotatable bonds is 4. The number of hydrogen-bond donors (Lipinski definition) is 1. The molecule has 1 N–H and O–H groups in total. The molecule has 0 spiro atoms. The predicted octanol–water partition coefficient (Wildman–Crippen LogP) is 3.02. The molecule has 0 aromatic heterocycles.